The molecule has 8 heteroatoms. The number of benzene rings is 2. The zero-order valence-corrected chi connectivity index (χ0v) is 17.4. The van der Waals surface area contributed by atoms with Crippen molar-refractivity contribution in [3.05, 3.63) is 76.6 Å². The molecule has 6 nitrogen and oxygen atoms in total. The molecule has 4 rings (SSSR count). The Morgan fingerprint density at radius 1 is 0.964 bits per heavy atom. The number of piperazine rings is 1. The van der Waals surface area contributed by atoms with E-state index >= 15 is 0 Å². The van der Waals surface area contributed by atoms with Crippen molar-refractivity contribution in [3.63, 3.8) is 0 Å². The summed E-state index contributed by atoms with van der Waals surface area (Å²) < 4.78 is 1.91. The first-order valence-corrected chi connectivity index (χ1v) is 9.56. The van der Waals surface area contributed by atoms with Gasteiger partial charge < -0.3 is 4.90 Å². The molecular weight excluding hydrogens is 395 g/mol. The summed E-state index contributed by atoms with van der Waals surface area (Å²) in [4.78, 5) is 4.80. The van der Waals surface area contributed by atoms with Crippen LogP contribution in [-0.2, 0) is 6.54 Å². The van der Waals surface area contributed by atoms with Crippen molar-refractivity contribution >= 4 is 24.0 Å². The van der Waals surface area contributed by atoms with E-state index in [-0.39, 0.29) is 18.4 Å². The van der Waals surface area contributed by atoms with E-state index in [2.05, 4.69) is 56.6 Å². The molecule has 3 aromatic rings. The third-order valence-electron chi connectivity index (χ3n) is 5.07. The highest BCUT2D eigenvalue weighted by Gasteiger charge is 2.29. The Balaban J connectivity index is 0.00000225. The van der Waals surface area contributed by atoms with Gasteiger partial charge in [0.25, 0.3) is 0 Å². The highest BCUT2D eigenvalue weighted by molar-refractivity contribution is 6.30. The number of tetrazole rings is 1. The minimum atomic E-state index is 0. The third-order valence-corrected chi connectivity index (χ3v) is 5.32. The van der Waals surface area contributed by atoms with Gasteiger partial charge in [0.1, 0.15) is 0 Å². The van der Waals surface area contributed by atoms with E-state index in [9.17, 15) is 0 Å². The quantitative estimate of drug-likeness (QED) is 0.636. The monoisotopic (exact) mass is 418 g/mol. The molecule has 1 atom stereocenters. The predicted molar refractivity (Wildman–Crippen MR) is 113 cm³/mol. The summed E-state index contributed by atoms with van der Waals surface area (Å²) >= 11 is 6.12. The van der Waals surface area contributed by atoms with Gasteiger partial charge in [-0.1, -0.05) is 54.1 Å². The Bertz CT molecular complexity index is 860. The van der Waals surface area contributed by atoms with E-state index < -0.39 is 0 Å². The van der Waals surface area contributed by atoms with E-state index in [1.807, 2.05) is 35.0 Å². The summed E-state index contributed by atoms with van der Waals surface area (Å²) in [6, 6.07) is 18.3. The molecule has 0 saturated carbocycles. The summed E-state index contributed by atoms with van der Waals surface area (Å²) in [5, 5.41) is 13.4. The normalized spacial score (nSPS) is 16.5. The van der Waals surface area contributed by atoms with Crippen LogP contribution in [0.2, 0.25) is 5.02 Å². The molecule has 0 aliphatic carbocycles. The van der Waals surface area contributed by atoms with Crippen molar-refractivity contribution in [1.82, 2.24) is 30.0 Å². The molecule has 2 aromatic carbocycles. The lowest BCUT2D eigenvalue weighted by Crippen LogP contribution is -2.46. The first-order chi connectivity index (χ1) is 13.2. The van der Waals surface area contributed by atoms with Gasteiger partial charge in [0.2, 0.25) is 0 Å². The van der Waals surface area contributed by atoms with Crippen LogP contribution in [0.3, 0.4) is 0 Å². The van der Waals surface area contributed by atoms with Crippen molar-refractivity contribution < 1.29 is 0 Å². The van der Waals surface area contributed by atoms with E-state index in [0.717, 1.165) is 42.6 Å². The number of hydrogen-bond donors (Lipinski definition) is 0. The van der Waals surface area contributed by atoms with Crippen LogP contribution >= 0.6 is 24.0 Å². The second-order valence-electron chi connectivity index (χ2n) is 6.97. The molecule has 1 unspecified atom stereocenters. The average Bonchev–Trinajstić information content (AvgIpc) is 3.13. The van der Waals surface area contributed by atoms with Gasteiger partial charge >= 0.3 is 0 Å². The molecule has 0 bridgehead atoms. The summed E-state index contributed by atoms with van der Waals surface area (Å²) in [6.45, 7) is 4.67. The summed E-state index contributed by atoms with van der Waals surface area (Å²) in [7, 11) is 2.16. The molecule has 0 amide bonds. The standard InChI is InChI=1S/C20H23ClN6.ClH/c1-25-11-13-26(14-12-25)19(17-7-9-18(21)10-8-17)20-22-23-24-27(20)15-16-5-3-2-4-6-16;/h2-10,19H,11-15H2,1H3;1H. The van der Waals surface area contributed by atoms with Gasteiger partial charge in [0.15, 0.2) is 5.82 Å². The number of nitrogens with zero attached hydrogens (tertiary/aromatic N) is 6. The number of rotatable bonds is 5. The van der Waals surface area contributed by atoms with Crippen LogP contribution < -0.4 is 0 Å². The first-order valence-electron chi connectivity index (χ1n) is 9.19. The van der Waals surface area contributed by atoms with Crippen LogP contribution in [-0.4, -0.2) is 63.2 Å². The predicted octanol–water partition coefficient (Wildman–Crippen LogP) is 3.13. The molecule has 0 N–H and O–H groups in total. The van der Waals surface area contributed by atoms with Crippen LogP contribution in [0.5, 0.6) is 0 Å². The van der Waals surface area contributed by atoms with Crippen LogP contribution in [0.25, 0.3) is 0 Å². The highest BCUT2D eigenvalue weighted by atomic mass is 35.5. The minimum Gasteiger partial charge on any atom is -0.304 e. The summed E-state index contributed by atoms with van der Waals surface area (Å²) in [6.07, 6.45) is 0. The van der Waals surface area contributed by atoms with Crippen molar-refractivity contribution in [1.29, 1.82) is 0 Å². The maximum Gasteiger partial charge on any atom is 0.173 e. The SMILES string of the molecule is CN1CCN(C(c2ccc(Cl)cc2)c2nnnn2Cc2ccccc2)CC1.Cl. The minimum absolute atomic E-state index is 0. The van der Waals surface area contributed by atoms with Gasteiger partial charge in [-0.25, -0.2) is 4.68 Å². The van der Waals surface area contributed by atoms with E-state index in [4.69, 9.17) is 11.6 Å². The lowest BCUT2D eigenvalue weighted by Gasteiger charge is -2.37. The largest absolute Gasteiger partial charge is 0.304 e. The van der Waals surface area contributed by atoms with E-state index in [1.165, 1.54) is 5.56 Å². The lowest BCUT2D eigenvalue weighted by molar-refractivity contribution is 0.121. The Morgan fingerprint density at radius 3 is 2.32 bits per heavy atom. The van der Waals surface area contributed by atoms with Crippen LogP contribution in [0.4, 0.5) is 0 Å². The average molecular weight is 419 g/mol. The Hall–Kier alpha value is -1.99. The number of aromatic nitrogens is 4. The zero-order chi connectivity index (χ0) is 18.6. The van der Waals surface area contributed by atoms with Crippen LogP contribution in [0.15, 0.2) is 54.6 Å². The highest BCUT2D eigenvalue weighted by Crippen LogP contribution is 2.29. The molecule has 0 spiro atoms. The molecule has 28 heavy (non-hydrogen) atoms. The second-order valence-corrected chi connectivity index (χ2v) is 7.41. The Kier molecular flexibility index (Phi) is 7.02. The smallest absolute Gasteiger partial charge is 0.173 e. The summed E-state index contributed by atoms with van der Waals surface area (Å²) in [5.41, 5.74) is 2.34. The second kappa shape index (κ2) is 9.47. The fourth-order valence-corrected chi connectivity index (χ4v) is 3.65. The molecule has 2 heterocycles. The van der Waals surface area contributed by atoms with Gasteiger partial charge in [-0.2, -0.15) is 0 Å². The van der Waals surface area contributed by atoms with E-state index in [0.29, 0.717) is 6.54 Å². The third kappa shape index (κ3) is 4.70. The van der Waals surface area contributed by atoms with Crippen molar-refractivity contribution in [2.75, 3.05) is 33.2 Å². The topological polar surface area (TPSA) is 50.1 Å². The molecule has 148 valence electrons. The lowest BCUT2D eigenvalue weighted by atomic mass is 10.0. The molecule has 1 aliphatic rings. The Morgan fingerprint density at radius 2 is 1.64 bits per heavy atom. The summed E-state index contributed by atoms with van der Waals surface area (Å²) in [5.74, 6) is 0.866. The van der Waals surface area contributed by atoms with Crippen molar-refractivity contribution in [3.8, 4) is 0 Å². The zero-order valence-electron chi connectivity index (χ0n) is 15.8. The number of likely N-dealkylation sites (N-methyl/N-ethyl adjacent to an activating group) is 1. The first kappa shape index (κ1) is 20.7. The van der Waals surface area contributed by atoms with Crippen LogP contribution in [0, 0.1) is 0 Å². The van der Waals surface area contributed by atoms with Gasteiger partial charge in [-0.05, 0) is 40.7 Å². The number of hydrogen-bond acceptors (Lipinski definition) is 5. The van der Waals surface area contributed by atoms with Gasteiger partial charge in [-0.3, -0.25) is 4.90 Å². The molecule has 1 fully saturated rings. The molecule has 0 radical (unpaired) electrons. The van der Waals surface area contributed by atoms with E-state index in [1.54, 1.807) is 0 Å². The fraction of sp³-hybridized carbons (Fsp3) is 0.350. The fourth-order valence-electron chi connectivity index (χ4n) is 3.52. The van der Waals surface area contributed by atoms with Gasteiger partial charge in [0.05, 0.1) is 12.6 Å². The van der Waals surface area contributed by atoms with Crippen LogP contribution in [0.1, 0.15) is 23.0 Å². The molecule has 1 saturated heterocycles. The maximum atomic E-state index is 6.12. The van der Waals surface area contributed by atoms with Gasteiger partial charge in [-0.15, -0.1) is 17.5 Å². The van der Waals surface area contributed by atoms with Crippen molar-refractivity contribution in [2.24, 2.45) is 0 Å². The molecule has 1 aromatic heterocycles. The maximum absolute atomic E-state index is 6.12. The molecule has 1 aliphatic heterocycles. The Labute approximate surface area is 176 Å². The van der Waals surface area contributed by atoms with Crippen molar-refractivity contribution in [2.45, 2.75) is 12.6 Å². The molecular formula is C20H24Cl2N6. The number of halogens is 2. The van der Waals surface area contributed by atoms with Gasteiger partial charge in [0, 0.05) is 31.2 Å².